The van der Waals surface area contributed by atoms with Gasteiger partial charge in [-0.05, 0) is 31.4 Å². The molecule has 2 heterocycles. The summed E-state index contributed by atoms with van der Waals surface area (Å²) in [5.74, 6) is 1.76. The van der Waals surface area contributed by atoms with E-state index in [9.17, 15) is 0 Å². The summed E-state index contributed by atoms with van der Waals surface area (Å²) in [5, 5.41) is 0. The van der Waals surface area contributed by atoms with Crippen molar-refractivity contribution in [1.29, 1.82) is 0 Å². The third-order valence-corrected chi connectivity index (χ3v) is 3.44. The molecular weight excluding hydrogens is 222 g/mol. The number of pyridine rings is 1. The molecule has 1 atom stereocenters. The molecule has 0 fully saturated rings. The summed E-state index contributed by atoms with van der Waals surface area (Å²) in [7, 11) is 0. The Morgan fingerprint density at radius 1 is 1.17 bits per heavy atom. The van der Waals surface area contributed by atoms with Gasteiger partial charge in [-0.25, -0.2) is 4.98 Å². The van der Waals surface area contributed by atoms with Crippen LogP contribution >= 0.6 is 0 Å². The summed E-state index contributed by atoms with van der Waals surface area (Å²) in [4.78, 5) is 8.91. The van der Waals surface area contributed by atoms with Crippen LogP contribution in [0.3, 0.4) is 0 Å². The highest BCUT2D eigenvalue weighted by Gasteiger charge is 2.17. The van der Waals surface area contributed by atoms with Gasteiger partial charge < -0.3 is 4.57 Å². The van der Waals surface area contributed by atoms with Gasteiger partial charge in [-0.2, -0.15) is 0 Å². The van der Waals surface area contributed by atoms with Crippen LogP contribution in [-0.4, -0.2) is 14.5 Å². The highest BCUT2D eigenvalue weighted by atomic mass is 15.1. The van der Waals surface area contributed by atoms with Crippen molar-refractivity contribution in [2.75, 3.05) is 0 Å². The van der Waals surface area contributed by atoms with E-state index in [1.54, 1.807) is 0 Å². The van der Waals surface area contributed by atoms with Gasteiger partial charge in [-0.3, -0.25) is 4.98 Å². The number of aromatic nitrogens is 3. The predicted octanol–water partition coefficient (Wildman–Crippen LogP) is 3.15. The zero-order valence-corrected chi connectivity index (χ0v) is 10.4. The van der Waals surface area contributed by atoms with Crippen LogP contribution in [0.1, 0.15) is 36.7 Å². The third-order valence-electron chi connectivity index (χ3n) is 3.44. The van der Waals surface area contributed by atoms with Crippen LogP contribution in [0.5, 0.6) is 0 Å². The maximum atomic E-state index is 4.54. The fourth-order valence-electron chi connectivity index (χ4n) is 2.51. The van der Waals surface area contributed by atoms with E-state index in [4.69, 9.17) is 0 Å². The monoisotopic (exact) mass is 239 g/mol. The van der Waals surface area contributed by atoms with Crippen LogP contribution in [0.2, 0.25) is 0 Å². The van der Waals surface area contributed by atoms with Gasteiger partial charge in [0.2, 0.25) is 0 Å². The molecule has 0 bridgehead atoms. The molecule has 0 saturated heterocycles. The Labute approximate surface area is 107 Å². The van der Waals surface area contributed by atoms with Crippen molar-refractivity contribution in [2.24, 2.45) is 0 Å². The number of nitrogens with zero attached hydrogens (tertiary/aromatic N) is 3. The molecule has 0 aliphatic heterocycles. The second-order valence-corrected chi connectivity index (χ2v) is 4.72. The number of allylic oxidation sites excluding steroid dienone is 2. The van der Waals surface area contributed by atoms with E-state index in [-0.39, 0.29) is 0 Å². The molecule has 0 radical (unpaired) electrons. The summed E-state index contributed by atoms with van der Waals surface area (Å²) in [6, 6.07) is 6.04. The number of hydrogen-bond acceptors (Lipinski definition) is 2. The van der Waals surface area contributed by atoms with Crippen molar-refractivity contribution in [3.05, 3.63) is 60.5 Å². The first-order valence-electron chi connectivity index (χ1n) is 6.49. The van der Waals surface area contributed by atoms with E-state index in [1.807, 2.05) is 24.5 Å². The Morgan fingerprint density at radius 3 is 2.94 bits per heavy atom. The molecule has 3 nitrogen and oxygen atoms in total. The largest absolute Gasteiger partial charge is 0.329 e. The van der Waals surface area contributed by atoms with Crippen LogP contribution in [0.4, 0.5) is 0 Å². The van der Waals surface area contributed by atoms with Crippen molar-refractivity contribution in [3.63, 3.8) is 0 Å². The van der Waals surface area contributed by atoms with Gasteiger partial charge in [0.25, 0.3) is 0 Å². The lowest BCUT2D eigenvalue weighted by molar-refractivity contribution is 0.548. The normalized spacial score (nSPS) is 19.0. The van der Waals surface area contributed by atoms with Crippen molar-refractivity contribution in [2.45, 2.75) is 31.7 Å². The van der Waals surface area contributed by atoms with Gasteiger partial charge in [0.05, 0.1) is 12.2 Å². The maximum Gasteiger partial charge on any atom is 0.112 e. The number of imidazole rings is 1. The fraction of sp³-hybridized carbons (Fsp3) is 0.333. The van der Waals surface area contributed by atoms with Crippen molar-refractivity contribution < 1.29 is 0 Å². The van der Waals surface area contributed by atoms with Crippen molar-refractivity contribution in [3.8, 4) is 0 Å². The first-order chi connectivity index (χ1) is 8.93. The molecule has 0 amide bonds. The standard InChI is InChI=1S/C15H17N3/c1-2-6-13(7-3-1)15-17-10-11-18(15)12-14-8-4-5-9-16-14/h1-2,4-5,8-11,13H,3,6-7,12H2. The first-order valence-corrected chi connectivity index (χ1v) is 6.49. The average Bonchev–Trinajstić information content (AvgIpc) is 2.89. The minimum Gasteiger partial charge on any atom is -0.329 e. The minimum absolute atomic E-state index is 0.564. The Morgan fingerprint density at radius 2 is 2.17 bits per heavy atom. The van der Waals surface area contributed by atoms with Gasteiger partial charge >= 0.3 is 0 Å². The smallest absolute Gasteiger partial charge is 0.112 e. The second-order valence-electron chi connectivity index (χ2n) is 4.72. The van der Waals surface area contributed by atoms with Gasteiger partial charge in [0, 0.05) is 24.5 Å². The van der Waals surface area contributed by atoms with Crippen LogP contribution in [-0.2, 0) is 6.54 Å². The Bertz CT molecular complexity index is 528. The summed E-state index contributed by atoms with van der Waals surface area (Å²) >= 11 is 0. The molecule has 1 aliphatic carbocycles. The SMILES string of the molecule is C1=CCC(c2nccn2Cc2ccccn2)CC1. The summed E-state index contributed by atoms with van der Waals surface area (Å²) in [6.45, 7) is 0.816. The Kier molecular flexibility index (Phi) is 3.22. The van der Waals surface area contributed by atoms with E-state index in [0.717, 1.165) is 18.7 Å². The predicted molar refractivity (Wildman–Crippen MR) is 71.3 cm³/mol. The molecule has 0 N–H and O–H groups in total. The van der Waals surface area contributed by atoms with E-state index in [1.165, 1.54) is 18.7 Å². The molecule has 2 aromatic heterocycles. The van der Waals surface area contributed by atoms with Crippen LogP contribution in [0.15, 0.2) is 48.9 Å². The van der Waals surface area contributed by atoms with E-state index in [2.05, 4.69) is 39.0 Å². The Balaban J connectivity index is 1.81. The minimum atomic E-state index is 0.564. The lowest BCUT2D eigenvalue weighted by Gasteiger charge is -2.18. The van der Waals surface area contributed by atoms with E-state index < -0.39 is 0 Å². The molecule has 2 aromatic rings. The number of rotatable bonds is 3. The highest BCUT2D eigenvalue weighted by molar-refractivity contribution is 5.10. The topological polar surface area (TPSA) is 30.7 Å². The second kappa shape index (κ2) is 5.17. The average molecular weight is 239 g/mol. The molecule has 3 rings (SSSR count). The molecule has 0 saturated carbocycles. The van der Waals surface area contributed by atoms with Gasteiger partial charge in [0.15, 0.2) is 0 Å². The maximum absolute atomic E-state index is 4.54. The zero-order valence-electron chi connectivity index (χ0n) is 10.4. The highest BCUT2D eigenvalue weighted by Crippen LogP contribution is 2.28. The fourth-order valence-corrected chi connectivity index (χ4v) is 2.51. The molecule has 3 heteroatoms. The molecule has 1 aliphatic rings. The molecular formula is C15H17N3. The number of hydrogen-bond donors (Lipinski definition) is 0. The van der Waals surface area contributed by atoms with Gasteiger partial charge in [-0.15, -0.1) is 0 Å². The van der Waals surface area contributed by atoms with E-state index >= 15 is 0 Å². The molecule has 1 unspecified atom stereocenters. The first kappa shape index (κ1) is 11.2. The summed E-state index contributed by atoms with van der Waals surface area (Å²) in [5.41, 5.74) is 1.09. The summed E-state index contributed by atoms with van der Waals surface area (Å²) < 4.78 is 2.23. The van der Waals surface area contributed by atoms with Gasteiger partial charge in [0.1, 0.15) is 5.82 Å². The van der Waals surface area contributed by atoms with Crippen LogP contribution in [0.25, 0.3) is 0 Å². The van der Waals surface area contributed by atoms with Crippen molar-refractivity contribution in [1.82, 2.24) is 14.5 Å². The molecule has 0 spiro atoms. The Hall–Kier alpha value is -1.90. The third kappa shape index (κ3) is 2.35. The zero-order chi connectivity index (χ0) is 12.2. The lowest BCUT2D eigenvalue weighted by atomic mass is 9.93. The molecule has 0 aromatic carbocycles. The van der Waals surface area contributed by atoms with E-state index in [0.29, 0.717) is 5.92 Å². The summed E-state index contributed by atoms with van der Waals surface area (Å²) in [6.07, 6.45) is 13.8. The lowest BCUT2D eigenvalue weighted by Crippen LogP contribution is -2.11. The molecule has 92 valence electrons. The van der Waals surface area contributed by atoms with Crippen LogP contribution in [0, 0.1) is 0 Å². The quantitative estimate of drug-likeness (QED) is 0.770. The van der Waals surface area contributed by atoms with Gasteiger partial charge in [-0.1, -0.05) is 18.2 Å². The van der Waals surface area contributed by atoms with Crippen LogP contribution < -0.4 is 0 Å². The molecule has 18 heavy (non-hydrogen) atoms. The van der Waals surface area contributed by atoms with Crippen molar-refractivity contribution >= 4 is 0 Å².